The Kier molecular flexibility index (Phi) is 6.35. The minimum Gasteiger partial charge on any atom is -0.329 e. The Morgan fingerprint density at radius 1 is 1.00 bits per heavy atom. The van der Waals surface area contributed by atoms with E-state index in [1.54, 1.807) is 0 Å². The maximum absolute atomic E-state index is 6.28. The Morgan fingerprint density at radius 3 is 2.35 bits per heavy atom. The standard InChI is InChI=1S/C18H36N2/c1-3-6-17-7-5-11-18(15-19,12-8-17)20-13-9-16(4-2)10-14-20/h16-17H,3-15,19H2,1-2H3. The normalized spacial score (nSPS) is 34.0. The van der Waals surface area contributed by atoms with E-state index in [1.807, 2.05) is 0 Å². The van der Waals surface area contributed by atoms with Gasteiger partial charge >= 0.3 is 0 Å². The first kappa shape index (κ1) is 16.3. The van der Waals surface area contributed by atoms with E-state index in [2.05, 4.69) is 18.7 Å². The summed E-state index contributed by atoms with van der Waals surface area (Å²) in [6, 6.07) is 0. The fourth-order valence-electron chi connectivity index (χ4n) is 4.62. The average Bonchev–Trinajstić information content (AvgIpc) is 2.71. The zero-order valence-corrected chi connectivity index (χ0v) is 13.9. The topological polar surface area (TPSA) is 29.3 Å². The molecule has 2 fully saturated rings. The Morgan fingerprint density at radius 2 is 1.75 bits per heavy atom. The minimum absolute atomic E-state index is 0.348. The van der Waals surface area contributed by atoms with Crippen molar-refractivity contribution in [3.63, 3.8) is 0 Å². The van der Waals surface area contributed by atoms with Crippen molar-refractivity contribution >= 4 is 0 Å². The summed E-state index contributed by atoms with van der Waals surface area (Å²) >= 11 is 0. The zero-order chi connectivity index (χ0) is 14.4. The molecule has 2 heteroatoms. The van der Waals surface area contributed by atoms with Gasteiger partial charge in [0.15, 0.2) is 0 Å². The molecule has 1 saturated heterocycles. The van der Waals surface area contributed by atoms with Crippen LogP contribution in [0.2, 0.25) is 0 Å². The molecule has 2 nitrogen and oxygen atoms in total. The lowest BCUT2D eigenvalue weighted by molar-refractivity contribution is 0.0413. The van der Waals surface area contributed by atoms with Gasteiger partial charge in [-0.05, 0) is 57.0 Å². The summed E-state index contributed by atoms with van der Waals surface area (Å²) < 4.78 is 0. The molecule has 0 aromatic carbocycles. The van der Waals surface area contributed by atoms with Gasteiger partial charge in [-0.25, -0.2) is 0 Å². The van der Waals surface area contributed by atoms with Crippen molar-refractivity contribution in [1.82, 2.24) is 4.90 Å². The van der Waals surface area contributed by atoms with Crippen molar-refractivity contribution < 1.29 is 0 Å². The smallest absolute Gasteiger partial charge is 0.0331 e. The molecule has 2 unspecified atom stereocenters. The van der Waals surface area contributed by atoms with Crippen LogP contribution in [0.1, 0.15) is 78.1 Å². The lowest BCUT2D eigenvalue weighted by Gasteiger charge is -2.46. The third kappa shape index (κ3) is 3.76. The largest absolute Gasteiger partial charge is 0.329 e. The van der Waals surface area contributed by atoms with Gasteiger partial charge in [0.2, 0.25) is 0 Å². The van der Waals surface area contributed by atoms with Crippen LogP contribution < -0.4 is 5.73 Å². The summed E-state index contributed by atoms with van der Waals surface area (Å²) in [4.78, 5) is 2.79. The number of likely N-dealkylation sites (tertiary alicyclic amines) is 1. The van der Waals surface area contributed by atoms with Crippen molar-refractivity contribution in [1.29, 1.82) is 0 Å². The number of piperidine rings is 1. The fourth-order valence-corrected chi connectivity index (χ4v) is 4.62. The molecule has 2 aliphatic rings. The molecular weight excluding hydrogens is 244 g/mol. The molecule has 0 radical (unpaired) electrons. The number of hydrogen-bond acceptors (Lipinski definition) is 2. The highest BCUT2D eigenvalue weighted by Crippen LogP contribution is 2.38. The fraction of sp³-hybridized carbons (Fsp3) is 1.00. The van der Waals surface area contributed by atoms with Crippen molar-refractivity contribution in [3.05, 3.63) is 0 Å². The van der Waals surface area contributed by atoms with Crippen molar-refractivity contribution in [2.24, 2.45) is 17.6 Å². The van der Waals surface area contributed by atoms with Crippen molar-refractivity contribution in [2.45, 2.75) is 83.6 Å². The van der Waals surface area contributed by atoms with Gasteiger partial charge in [-0.1, -0.05) is 46.0 Å². The molecule has 1 aliphatic heterocycles. The molecule has 2 N–H and O–H groups in total. The molecular formula is C18H36N2. The van der Waals surface area contributed by atoms with Gasteiger partial charge in [-0.15, -0.1) is 0 Å². The Bertz CT molecular complexity index is 271. The van der Waals surface area contributed by atoms with Crippen LogP contribution in [0.5, 0.6) is 0 Å². The maximum Gasteiger partial charge on any atom is 0.0331 e. The van der Waals surface area contributed by atoms with Gasteiger partial charge in [0, 0.05) is 12.1 Å². The molecule has 0 aromatic heterocycles. The van der Waals surface area contributed by atoms with Crippen LogP contribution in [0.4, 0.5) is 0 Å². The van der Waals surface area contributed by atoms with Gasteiger partial charge in [0.1, 0.15) is 0 Å². The summed E-state index contributed by atoms with van der Waals surface area (Å²) in [7, 11) is 0. The molecule has 0 bridgehead atoms. The van der Waals surface area contributed by atoms with E-state index in [0.717, 1.165) is 18.4 Å². The van der Waals surface area contributed by atoms with E-state index in [0.29, 0.717) is 5.54 Å². The van der Waals surface area contributed by atoms with Gasteiger partial charge in [0.25, 0.3) is 0 Å². The van der Waals surface area contributed by atoms with Crippen LogP contribution >= 0.6 is 0 Å². The second kappa shape index (κ2) is 7.79. The maximum atomic E-state index is 6.28. The first-order valence-corrected chi connectivity index (χ1v) is 9.19. The third-order valence-electron chi connectivity index (χ3n) is 6.21. The molecule has 20 heavy (non-hydrogen) atoms. The van der Waals surface area contributed by atoms with Gasteiger partial charge in [0.05, 0.1) is 0 Å². The second-order valence-electron chi connectivity index (χ2n) is 7.35. The van der Waals surface area contributed by atoms with Gasteiger partial charge < -0.3 is 5.73 Å². The Hall–Kier alpha value is -0.0800. The third-order valence-corrected chi connectivity index (χ3v) is 6.21. The monoisotopic (exact) mass is 280 g/mol. The Labute approximate surface area is 126 Å². The van der Waals surface area contributed by atoms with Crippen LogP contribution in [0.15, 0.2) is 0 Å². The minimum atomic E-state index is 0.348. The SMILES string of the molecule is CCCC1CCCC(CN)(N2CCC(CC)CC2)CC1. The number of nitrogens with zero attached hydrogens (tertiary/aromatic N) is 1. The predicted molar refractivity (Wildman–Crippen MR) is 87.9 cm³/mol. The quantitative estimate of drug-likeness (QED) is 0.765. The molecule has 0 spiro atoms. The summed E-state index contributed by atoms with van der Waals surface area (Å²) in [6.45, 7) is 8.15. The molecule has 0 amide bonds. The van der Waals surface area contributed by atoms with E-state index in [-0.39, 0.29) is 0 Å². The van der Waals surface area contributed by atoms with E-state index >= 15 is 0 Å². The lowest BCUT2D eigenvalue weighted by atomic mass is 9.83. The summed E-state index contributed by atoms with van der Waals surface area (Å²) in [5.41, 5.74) is 6.63. The molecule has 2 atom stereocenters. The molecule has 0 aromatic rings. The highest BCUT2D eigenvalue weighted by atomic mass is 15.2. The van der Waals surface area contributed by atoms with E-state index in [4.69, 9.17) is 5.73 Å². The summed E-state index contributed by atoms with van der Waals surface area (Å²) in [5, 5.41) is 0. The van der Waals surface area contributed by atoms with Crippen LogP contribution in [0, 0.1) is 11.8 Å². The molecule has 1 saturated carbocycles. The van der Waals surface area contributed by atoms with E-state index < -0.39 is 0 Å². The van der Waals surface area contributed by atoms with Crippen LogP contribution in [-0.4, -0.2) is 30.1 Å². The highest BCUT2D eigenvalue weighted by molar-refractivity contribution is 4.95. The summed E-state index contributed by atoms with van der Waals surface area (Å²) in [6.07, 6.45) is 13.9. The average molecular weight is 280 g/mol. The molecule has 1 heterocycles. The first-order chi connectivity index (χ1) is 9.74. The molecule has 1 aliphatic carbocycles. The lowest BCUT2D eigenvalue weighted by Crippen LogP contribution is -2.56. The van der Waals surface area contributed by atoms with E-state index in [9.17, 15) is 0 Å². The highest BCUT2D eigenvalue weighted by Gasteiger charge is 2.38. The second-order valence-corrected chi connectivity index (χ2v) is 7.35. The van der Waals surface area contributed by atoms with E-state index in [1.165, 1.54) is 77.3 Å². The van der Waals surface area contributed by atoms with Crippen molar-refractivity contribution in [3.8, 4) is 0 Å². The zero-order valence-electron chi connectivity index (χ0n) is 13.9. The first-order valence-electron chi connectivity index (χ1n) is 9.19. The molecule has 2 rings (SSSR count). The van der Waals surface area contributed by atoms with Crippen LogP contribution in [0.3, 0.4) is 0 Å². The number of hydrogen-bond donors (Lipinski definition) is 1. The van der Waals surface area contributed by atoms with Crippen LogP contribution in [0.25, 0.3) is 0 Å². The van der Waals surface area contributed by atoms with Gasteiger partial charge in [-0.3, -0.25) is 4.90 Å². The predicted octanol–water partition coefficient (Wildman–Crippen LogP) is 4.19. The number of nitrogens with two attached hydrogens (primary N) is 1. The Balaban J connectivity index is 1.95. The van der Waals surface area contributed by atoms with Crippen molar-refractivity contribution in [2.75, 3.05) is 19.6 Å². The van der Waals surface area contributed by atoms with Crippen LogP contribution in [-0.2, 0) is 0 Å². The molecule has 118 valence electrons. The van der Waals surface area contributed by atoms with Gasteiger partial charge in [-0.2, -0.15) is 0 Å². The summed E-state index contributed by atoms with van der Waals surface area (Å²) in [5.74, 6) is 1.95. The number of rotatable bonds is 5.